The Morgan fingerprint density at radius 2 is 0.875 bits per heavy atom. The second-order valence-corrected chi connectivity index (χ2v) is 13.7. The molecule has 0 aliphatic heterocycles. The van der Waals surface area contributed by atoms with Gasteiger partial charge < -0.3 is 4.57 Å². The van der Waals surface area contributed by atoms with E-state index < -0.39 is 18.1 Å². The van der Waals surface area contributed by atoms with Gasteiger partial charge in [0.2, 0.25) is 5.95 Å². The molecular formula is C51H33N5. The van der Waals surface area contributed by atoms with E-state index in [0.717, 1.165) is 66.0 Å². The minimum absolute atomic E-state index is 0.111. The van der Waals surface area contributed by atoms with E-state index in [0.29, 0.717) is 28.7 Å². The van der Waals surface area contributed by atoms with Crippen LogP contribution in [-0.4, -0.2) is 24.1 Å². The molecule has 0 amide bonds. The Kier molecular flexibility index (Phi) is 6.29. The van der Waals surface area contributed by atoms with E-state index in [2.05, 4.69) is 106 Å². The van der Waals surface area contributed by atoms with E-state index in [1.54, 1.807) is 18.2 Å². The molecule has 0 atom stereocenters. The van der Waals surface area contributed by atoms with Crippen molar-refractivity contribution in [2.75, 3.05) is 0 Å². The summed E-state index contributed by atoms with van der Waals surface area (Å²) in [5.74, 6) is 1.24. The molecule has 8 aromatic carbocycles. The second-order valence-electron chi connectivity index (χ2n) is 13.7. The molecule has 11 rings (SSSR count). The Hall–Kier alpha value is -7.63. The van der Waals surface area contributed by atoms with Gasteiger partial charge >= 0.3 is 0 Å². The zero-order valence-corrected chi connectivity index (χ0v) is 29.9. The van der Waals surface area contributed by atoms with E-state index in [-0.39, 0.29) is 17.6 Å². The van der Waals surface area contributed by atoms with Gasteiger partial charge in [0.05, 0.1) is 28.9 Å². The predicted molar refractivity (Wildman–Crippen MR) is 230 cm³/mol. The highest BCUT2D eigenvalue weighted by molar-refractivity contribution is 6.23. The zero-order valence-electron chi connectivity index (χ0n) is 34.9. The lowest BCUT2D eigenvalue weighted by molar-refractivity contribution is 0.953. The fourth-order valence-electron chi connectivity index (χ4n) is 7.93. The second kappa shape index (κ2) is 13.0. The van der Waals surface area contributed by atoms with Gasteiger partial charge in [-0.15, -0.1) is 0 Å². The van der Waals surface area contributed by atoms with Crippen LogP contribution in [-0.2, 0) is 0 Å². The maximum absolute atomic E-state index is 8.69. The number of nitrogens with zero attached hydrogens (tertiary/aromatic N) is 5. The predicted octanol–water partition coefficient (Wildman–Crippen LogP) is 12.7. The van der Waals surface area contributed by atoms with Crippen molar-refractivity contribution in [3.8, 4) is 56.7 Å². The Bertz CT molecular complexity index is 3500. The van der Waals surface area contributed by atoms with Crippen molar-refractivity contribution in [1.29, 1.82) is 0 Å². The van der Waals surface area contributed by atoms with Crippen LogP contribution in [0, 0.1) is 0 Å². The number of rotatable bonds is 6. The quantitative estimate of drug-likeness (QED) is 0.172. The van der Waals surface area contributed by atoms with Crippen LogP contribution in [0.4, 0.5) is 0 Å². The SMILES string of the molecule is [2H]c1c([2H])c([2H])c(-c2cccc(-c3nc(-c4ccccc4)nc(-n4c5ccccc5c5ccc6c7ccccc7n(-c7ccc(-c8ccccc8)cc7)c6c54)n3)c2)c([2H])c1[2H]. The number of hydrogen-bond donors (Lipinski definition) is 0. The fourth-order valence-corrected chi connectivity index (χ4v) is 7.93. The van der Waals surface area contributed by atoms with Crippen molar-refractivity contribution in [3.05, 3.63) is 200 Å². The summed E-state index contributed by atoms with van der Waals surface area (Å²) in [6.45, 7) is 0. The lowest BCUT2D eigenvalue weighted by Crippen LogP contribution is -2.07. The van der Waals surface area contributed by atoms with Gasteiger partial charge in [-0.2, -0.15) is 9.97 Å². The van der Waals surface area contributed by atoms with Crippen molar-refractivity contribution in [1.82, 2.24) is 24.1 Å². The molecule has 5 heteroatoms. The first-order valence-electron chi connectivity index (χ1n) is 21.0. The van der Waals surface area contributed by atoms with E-state index in [1.165, 1.54) is 0 Å². The Morgan fingerprint density at radius 3 is 1.55 bits per heavy atom. The summed E-state index contributed by atoms with van der Waals surface area (Å²) < 4.78 is 46.7. The van der Waals surface area contributed by atoms with Gasteiger partial charge in [-0.1, -0.05) is 170 Å². The van der Waals surface area contributed by atoms with Crippen LogP contribution in [0.3, 0.4) is 0 Å². The van der Waals surface area contributed by atoms with Crippen LogP contribution < -0.4 is 0 Å². The Labute approximate surface area is 330 Å². The highest BCUT2D eigenvalue weighted by Gasteiger charge is 2.23. The summed E-state index contributed by atoms with van der Waals surface area (Å²) in [6, 6.07) is 55.4. The topological polar surface area (TPSA) is 48.5 Å². The normalized spacial score (nSPS) is 12.8. The number of benzene rings is 8. The van der Waals surface area contributed by atoms with Crippen molar-refractivity contribution in [3.63, 3.8) is 0 Å². The fraction of sp³-hybridized carbons (Fsp3) is 0. The largest absolute Gasteiger partial charge is 0.307 e. The molecule has 0 fully saturated rings. The number of hydrogen-bond acceptors (Lipinski definition) is 3. The maximum atomic E-state index is 8.69. The molecule has 0 saturated carbocycles. The summed E-state index contributed by atoms with van der Waals surface area (Å²) in [6.07, 6.45) is 0. The van der Waals surface area contributed by atoms with Gasteiger partial charge in [-0.3, -0.25) is 4.57 Å². The Morgan fingerprint density at radius 1 is 0.357 bits per heavy atom. The molecule has 3 heterocycles. The minimum Gasteiger partial charge on any atom is -0.307 e. The average molecular weight is 721 g/mol. The third-order valence-corrected chi connectivity index (χ3v) is 10.5. The highest BCUT2D eigenvalue weighted by Crippen LogP contribution is 2.42. The van der Waals surface area contributed by atoms with Crippen LogP contribution in [0.15, 0.2) is 200 Å². The smallest absolute Gasteiger partial charge is 0.238 e. The van der Waals surface area contributed by atoms with E-state index in [9.17, 15) is 0 Å². The van der Waals surface area contributed by atoms with Crippen molar-refractivity contribution in [2.24, 2.45) is 0 Å². The first kappa shape index (κ1) is 27.0. The van der Waals surface area contributed by atoms with Crippen molar-refractivity contribution >= 4 is 43.6 Å². The number of aromatic nitrogens is 5. The molecular weight excluding hydrogens is 683 g/mol. The monoisotopic (exact) mass is 720 g/mol. The molecule has 0 saturated heterocycles. The van der Waals surface area contributed by atoms with Crippen LogP contribution in [0.5, 0.6) is 0 Å². The molecule has 262 valence electrons. The molecule has 0 spiro atoms. The van der Waals surface area contributed by atoms with Gasteiger partial charge in [0, 0.05) is 38.4 Å². The third-order valence-electron chi connectivity index (χ3n) is 10.5. The van der Waals surface area contributed by atoms with Crippen molar-refractivity contribution < 1.29 is 6.85 Å². The van der Waals surface area contributed by atoms with Crippen LogP contribution >= 0.6 is 0 Å². The summed E-state index contributed by atoms with van der Waals surface area (Å²) in [5.41, 5.74) is 9.20. The molecule has 0 radical (unpaired) electrons. The van der Waals surface area contributed by atoms with Gasteiger partial charge in [0.25, 0.3) is 0 Å². The maximum Gasteiger partial charge on any atom is 0.238 e. The van der Waals surface area contributed by atoms with Gasteiger partial charge in [0.1, 0.15) is 0 Å². The lowest BCUT2D eigenvalue weighted by atomic mass is 10.0. The molecule has 5 nitrogen and oxygen atoms in total. The van der Waals surface area contributed by atoms with Crippen molar-refractivity contribution in [2.45, 2.75) is 0 Å². The summed E-state index contributed by atoms with van der Waals surface area (Å²) >= 11 is 0. The van der Waals surface area contributed by atoms with E-state index in [1.807, 2.05) is 54.6 Å². The molecule has 3 aromatic heterocycles. The van der Waals surface area contributed by atoms with Gasteiger partial charge in [-0.05, 0) is 52.6 Å². The number of fused-ring (bicyclic) bond motifs is 7. The average Bonchev–Trinajstić information content (AvgIpc) is 3.84. The summed E-state index contributed by atoms with van der Waals surface area (Å²) in [5, 5.41) is 4.29. The summed E-state index contributed by atoms with van der Waals surface area (Å²) in [7, 11) is 0. The highest BCUT2D eigenvalue weighted by atomic mass is 15.2. The summed E-state index contributed by atoms with van der Waals surface area (Å²) in [4.78, 5) is 15.5. The number of para-hydroxylation sites is 2. The first-order chi connectivity index (χ1) is 29.9. The standard InChI is InChI=1S/C51H33N5/c1-4-15-34(16-5-1)36-27-29-40(30-28-36)55-45-25-12-10-23-41(45)43-31-32-44-42-24-11-13-26-46(42)56(48(44)47(43)55)51-53-49(37-19-8-3-9-20-37)52-50(54-51)39-22-14-21-38(33-39)35-17-6-2-7-18-35/h1-33H/i2D,6D,7D,17D,18D. The molecule has 0 aliphatic rings. The third kappa shape index (κ3) is 5.21. The van der Waals surface area contributed by atoms with Crippen LogP contribution in [0.25, 0.3) is 100 Å². The van der Waals surface area contributed by atoms with E-state index >= 15 is 0 Å². The van der Waals surface area contributed by atoms with Gasteiger partial charge in [-0.25, -0.2) is 4.98 Å². The zero-order chi connectivity index (χ0) is 41.4. The van der Waals surface area contributed by atoms with Crippen LogP contribution in [0.2, 0.25) is 0 Å². The minimum atomic E-state index is -0.437. The lowest BCUT2D eigenvalue weighted by Gasteiger charge is -2.14. The molecule has 0 unspecified atom stereocenters. The molecule has 0 bridgehead atoms. The molecule has 11 aromatic rings. The molecule has 56 heavy (non-hydrogen) atoms. The van der Waals surface area contributed by atoms with E-state index in [4.69, 9.17) is 21.8 Å². The Balaban J connectivity index is 1.21. The molecule has 0 N–H and O–H groups in total. The molecule has 0 aliphatic carbocycles. The van der Waals surface area contributed by atoms with Crippen LogP contribution in [0.1, 0.15) is 6.85 Å². The first-order valence-corrected chi connectivity index (χ1v) is 18.5. The van der Waals surface area contributed by atoms with Gasteiger partial charge in [0.15, 0.2) is 11.6 Å².